The number of nitrogens with zero attached hydrogens (tertiary/aromatic N) is 2. The molecule has 0 spiro atoms. The Morgan fingerprint density at radius 3 is 2.29 bits per heavy atom. The number of rotatable bonds is 7. The van der Waals surface area contributed by atoms with Gasteiger partial charge in [0.1, 0.15) is 0 Å². The summed E-state index contributed by atoms with van der Waals surface area (Å²) < 4.78 is 66.3. The molecule has 0 aromatic heterocycles. The standard InChI is InChI=1S/C23H29F3N4O3S/c1-3-30(4-2)34(32,33)19-11-12-21(29-13-6-5-7-14-29)20(16-19)28-22(31)27-18-10-8-9-17(15-18)23(24,25)26/h8-12,15-16H,3-7,13-14H2,1-2H3,(H2,27,28,31). The highest BCUT2D eigenvalue weighted by Gasteiger charge is 2.30. The number of sulfonamides is 1. The zero-order valence-electron chi connectivity index (χ0n) is 19.2. The number of amides is 2. The van der Waals surface area contributed by atoms with Crippen LogP contribution in [-0.4, -0.2) is 44.9 Å². The maximum Gasteiger partial charge on any atom is 0.416 e. The number of anilines is 3. The first-order valence-corrected chi connectivity index (χ1v) is 12.6. The minimum Gasteiger partial charge on any atom is -0.370 e. The molecule has 2 aromatic carbocycles. The Labute approximate surface area is 198 Å². The molecule has 34 heavy (non-hydrogen) atoms. The molecule has 2 amide bonds. The maximum absolute atomic E-state index is 13.0. The molecule has 0 aliphatic carbocycles. The Bertz CT molecular complexity index is 1110. The second kappa shape index (κ2) is 10.6. The fraction of sp³-hybridized carbons (Fsp3) is 0.435. The lowest BCUT2D eigenvalue weighted by molar-refractivity contribution is -0.137. The third-order valence-corrected chi connectivity index (χ3v) is 7.75. The van der Waals surface area contributed by atoms with Gasteiger partial charge >= 0.3 is 12.2 Å². The number of alkyl halides is 3. The van der Waals surface area contributed by atoms with Crippen LogP contribution in [0.5, 0.6) is 0 Å². The van der Waals surface area contributed by atoms with Crippen molar-refractivity contribution in [2.24, 2.45) is 0 Å². The summed E-state index contributed by atoms with van der Waals surface area (Å²) in [6.07, 6.45) is -1.52. The van der Waals surface area contributed by atoms with E-state index in [4.69, 9.17) is 0 Å². The molecule has 7 nitrogen and oxygen atoms in total. The largest absolute Gasteiger partial charge is 0.416 e. The van der Waals surface area contributed by atoms with Crippen molar-refractivity contribution in [2.45, 2.75) is 44.2 Å². The molecule has 0 saturated carbocycles. The summed E-state index contributed by atoms with van der Waals surface area (Å²) in [5, 5.41) is 5.05. The molecule has 1 fully saturated rings. The molecule has 1 aliphatic rings. The van der Waals surface area contributed by atoms with Crippen LogP contribution in [0.3, 0.4) is 0 Å². The van der Waals surface area contributed by atoms with E-state index >= 15 is 0 Å². The fourth-order valence-electron chi connectivity index (χ4n) is 3.96. The highest BCUT2D eigenvalue weighted by molar-refractivity contribution is 7.89. The van der Waals surface area contributed by atoms with Crippen molar-refractivity contribution in [3.05, 3.63) is 48.0 Å². The number of hydrogen-bond acceptors (Lipinski definition) is 4. The van der Waals surface area contributed by atoms with Crippen LogP contribution >= 0.6 is 0 Å². The number of hydrogen-bond donors (Lipinski definition) is 2. The van der Waals surface area contributed by atoms with Gasteiger partial charge in [-0.25, -0.2) is 13.2 Å². The van der Waals surface area contributed by atoms with Crippen LogP contribution in [0.25, 0.3) is 0 Å². The predicted molar refractivity (Wildman–Crippen MR) is 127 cm³/mol. The van der Waals surface area contributed by atoms with E-state index in [0.29, 0.717) is 18.8 Å². The van der Waals surface area contributed by atoms with E-state index < -0.39 is 27.8 Å². The average Bonchev–Trinajstić information content (AvgIpc) is 2.80. The molecule has 2 N–H and O–H groups in total. The summed E-state index contributed by atoms with van der Waals surface area (Å²) in [6, 6.07) is 8.13. The SMILES string of the molecule is CCN(CC)S(=O)(=O)c1ccc(N2CCCCC2)c(NC(=O)Nc2cccc(C(F)(F)F)c2)c1. The number of piperidine rings is 1. The smallest absolute Gasteiger partial charge is 0.370 e. The maximum atomic E-state index is 13.0. The second-order valence-electron chi connectivity index (χ2n) is 7.97. The van der Waals surface area contributed by atoms with Crippen LogP contribution in [0.1, 0.15) is 38.7 Å². The van der Waals surface area contributed by atoms with Crippen LogP contribution in [0.4, 0.5) is 35.0 Å². The molecule has 1 saturated heterocycles. The molecule has 0 unspecified atom stereocenters. The number of carbonyl (C=O) groups excluding carboxylic acids is 1. The zero-order valence-corrected chi connectivity index (χ0v) is 20.0. The Morgan fingerprint density at radius 2 is 1.68 bits per heavy atom. The molecule has 11 heteroatoms. The van der Waals surface area contributed by atoms with Gasteiger partial charge in [-0.2, -0.15) is 17.5 Å². The Morgan fingerprint density at radius 1 is 1.00 bits per heavy atom. The van der Waals surface area contributed by atoms with Gasteiger partial charge in [-0.05, 0) is 55.7 Å². The van der Waals surface area contributed by atoms with Crippen LogP contribution in [0.15, 0.2) is 47.4 Å². The van der Waals surface area contributed by atoms with Gasteiger partial charge in [0.05, 0.1) is 21.8 Å². The van der Waals surface area contributed by atoms with E-state index in [0.717, 1.165) is 44.5 Å². The van der Waals surface area contributed by atoms with Crippen molar-refractivity contribution in [3.8, 4) is 0 Å². The Balaban J connectivity index is 1.91. The van der Waals surface area contributed by atoms with Crippen molar-refractivity contribution in [2.75, 3.05) is 41.7 Å². The summed E-state index contributed by atoms with van der Waals surface area (Å²) in [5.74, 6) is 0. The Kier molecular flexibility index (Phi) is 8.09. The van der Waals surface area contributed by atoms with Gasteiger partial charge in [0.2, 0.25) is 10.0 Å². The van der Waals surface area contributed by atoms with E-state index in [-0.39, 0.29) is 16.3 Å². The number of halogens is 3. The first-order chi connectivity index (χ1) is 16.1. The fourth-order valence-corrected chi connectivity index (χ4v) is 5.44. The molecule has 3 rings (SSSR count). The summed E-state index contributed by atoms with van der Waals surface area (Å²) in [5.41, 5.74) is 0.0300. The van der Waals surface area contributed by atoms with E-state index in [1.807, 2.05) is 0 Å². The van der Waals surface area contributed by atoms with Crippen molar-refractivity contribution >= 4 is 33.1 Å². The van der Waals surface area contributed by atoms with Crippen LogP contribution in [-0.2, 0) is 16.2 Å². The van der Waals surface area contributed by atoms with E-state index in [1.54, 1.807) is 19.9 Å². The van der Waals surface area contributed by atoms with Crippen LogP contribution in [0.2, 0.25) is 0 Å². The minimum atomic E-state index is -4.54. The lowest BCUT2D eigenvalue weighted by Gasteiger charge is -2.31. The normalized spacial score (nSPS) is 14.8. The van der Waals surface area contributed by atoms with E-state index in [2.05, 4.69) is 15.5 Å². The molecule has 1 heterocycles. The highest BCUT2D eigenvalue weighted by atomic mass is 32.2. The lowest BCUT2D eigenvalue weighted by Crippen LogP contribution is -2.32. The molecule has 0 atom stereocenters. The van der Waals surface area contributed by atoms with Gasteiger partial charge in [0.25, 0.3) is 0 Å². The van der Waals surface area contributed by atoms with Gasteiger partial charge in [-0.1, -0.05) is 19.9 Å². The number of benzene rings is 2. The van der Waals surface area contributed by atoms with Crippen molar-refractivity contribution in [1.29, 1.82) is 0 Å². The lowest BCUT2D eigenvalue weighted by atomic mass is 10.1. The average molecular weight is 499 g/mol. The van der Waals surface area contributed by atoms with Gasteiger partial charge in [0.15, 0.2) is 0 Å². The molecule has 0 bridgehead atoms. The van der Waals surface area contributed by atoms with Gasteiger partial charge in [-0.15, -0.1) is 0 Å². The Hall–Kier alpha value is -2.79. The van der Waals surface area contributed by atoms with Gasteiger partial charge in [0, 0.05) is 31.9 Å². The third-order valence-electron chi connectivity index (χ3n) is 5.70. The molecule has 0 radical (unpaired) electrons. The quantitative estimate of drug-likeness (QED) is 0.538. The zero-order chi connectivity index (χ0) is 24.9. The topological polar surface area (TPSA) is 81.8 Å². The van der Waals surface area contributed by atoms with Crippen molar-refractivity contribution < 1.29 is 26.4 Å². The summed E-state index contributed by atoms with van der Waals surface area (Å²) in [7, 11) is -3.77. The second-order valence-corrected chi connectivity index (χ2v) is 9.91. The summed E-state index contributed by atoms with van der Waals surface area (Å²) in [4.78, 5) is 14.8. The molecule has 186 valence electrons. The first-order valence-electron chi connectivity index (χ1n) is 11.2. The van der Waals surface area contributed by atoms with Crippen LogP contribution in [0, 0.1) is 0 Å². The van der Waals surface area contributed by atoms with Gasteiger partial charge < -0.3 is 15.5 Å². The molecule has 1 aliphatic heterocycles. The predicted octanol–water partition coefficient (Wildman–Crippen LogP) is 5.37. The van der Waals surface area contributed by atoms with Crippen molar-refractivity contribution in [3.63, 3.8) is 0 Å². The van der Waals surface area contributed by atoms with E-state index in [1.165, 1.54) is 28.6 Å². The molecule has 2 aromatic rings. The highest BCUT2D eigenvalue weighted by Crippen LogP contribution is 2.33. The molecular weight excluding hydrogens is 469 g/mol. The summed E-state index contributed by atoms with van der Waals surface area (Å²) in [6.45, 7) is 5.59. The van der Waals surface area contributed by atoms with Crippen molar-refractivity contribution in [1.82, 2.24) is 4.31 Å². The number of nitrogens with one attached hydrogen (secondary N) is 2. The van der Waals surface area contributed by atoms with Gasteiger partial charge in [-0.3, -0.25) is 0 Å². The minimum absolute atomic E-state index is 0.0289. The number of urea groups is 1. The van der Waals surface area contributed by atoms with Crippen LogP contribution < -0.4 is 15.5 Å². The first kappa shape index (κ1) is 25.8. The monoisotopic (exact) mass is 498 g/mol. The number of carbonyl (C=O) groups is 1. The summed E-state index contributed by atoms with van der Waals surface area (Å²) >= 11 is 0. The molecular formula is C23H29F3N4O3S. The third kappa shape index (κ3) is 6.01. The van der Waals surface area contributed by atoms with E-state index in [9.17, 15) is 26.4 Å².